The number of phenols is 1. The van der Waals surface area contributed by atoms with Crippen LogP contribution in [0.4, 0.5) is 13.2 Å². The van der Waals surface area contributed by atoms with Gasteiger partial charge in [-0.05, 0) is 49.9 Å². The van der Waals surface area contributed by atoms with Gasteiger partial charge in [-0.15, -0.1) is 0 Å². The smallest absolute Gasteiger partial charge is 0.416 e. The number of carbonyl (C=O) groups is 1. The molecule has 1 amide bonds. The number of carbonyl (C=O) groups excluding carboxylic acids is 1. The van der Waals surface area contributed by atoms with Crippen molar-refractivity contribution < 1.29 is 23.1 Å². The summed E-state index contributed by atoms with van der Waals surface area (Å²) in [4.78, 5) is 27.3. The topological polar surface area (TPSA) is 97.0 Å². The van der Waals surface area contributed by atoms with Crippen molar-refractivity contribution in [1.29, 1.82) is 0 Å². The van der Waals surface area contributed by atoms with Crippen LogP contribution in [0.15, 0.2) is 43.0 Å². The Balaban J connectivity index is 1.70. The zero-order valence-corrected chi connectivity index (χ0v) is 16.5. The van der Waals surface area contributed by atoms with Gasteiger partial charge in [0.05, 0.1) is 11.6 Å². The van der Waals surface area contributed by atoms with Crippen molar-refractivity contribution >= 4 is 5.91 Å². The van der Waals surface area contributed by atoms with Crippen LogP contribution in [-0.2, 0) is 6.18 Å². The quantitative estimate of drug-likeness (QED) is 0.641. The number of benzene rings is 1. The summed E-state index contributed by atoms with van der Waals surface area (Å²) in [5.74, 6) is -0.369. The first-order chi connectivity index (χ1) is 14.7. The van der Waals surface area contributed by atoms with Gasteiger partial charge in [0.2, 0.25) is 0 Å². The Labute approximate surface area is 175 Å². The molecule has 1 saturated carbocycles. The van der Waals surface area contributed by atoms with Crippen molar-refractivity contribution in [3.8, 4) is 11.7 Å². The molecule has 1 atom stereocenters. The second-order valence-corrected chi connectivity index (χ2v) is 7.42. The van der Waals surface area contributed by atoms with E-state index in [1.807, 2.05) is 0 Å². The lowest BCUT2D eigenvalue weighted by molar-refractivity contribution is -0.137. The molecule has 4 rings (SSSR count). The molecule has 1 aliphatic rings. The fourth-order valence-electron chi connectivity index (χ4n) is 3.29. The molecular weight excluding hydrogens is 413 g/mol. The normalized spacial score (nSPS) is 15.0. The molecule has 0 aliphatic heterocycles. The van der Waals surface area contributed by atoms with Gasteiger partial charge in [-0.25, -0.2) is 15.0 Å². The number of hydrogen-bond acceptors (Lipinski definition) is 6. The van der Waals surface area contributed by atoms with Crippen LogP contribution in [0.2, 0.25) is 0 Å². The third kappa shape index (κ3) is 4.49. The highest BCUT2D eigenvalue weighted by Crippen LogP contribution is 2.36. The van der Waals surface area contributed by atoms with Crippen LogP contribution in [0, 0.1) is 5.92 Å². The SMILES string of the molecule is CC(c1ncnn1-c1ncccn1)N(CC1CC1)C(=O)c1cc(O)cc(C(F)(F)F)c1. The molecule has 8 nitrogen and oxygen atoms in total. The first-order valence-corrected chi connectivity index (χ1v) is 9.63. The molecule has 2 aromatic heterocycles. The summed E-state index contributed by atoms with van der Waals surface area (Å²) in [6, 6.07) is 3.40. The second-order valence-electron chi connectivity index (χ2n) is 7.42. The molecule has 0 bridgehead atoms. The maximum Gasteiger partial charge on any atom is 0.416 e. The van der Waals surface area contributed by atoms with Gasteiger partial charge in [-0.3, -0.25) is 4.79 Å². The molecule has 0 radical (unpaired) electrons. The summed E-state index contributed by atoms with van der Waals surface area (Å²) in [7, 11) is 0. The van der Waals surface area contributed by atoms with Crippen LogP contribution in [0.25, 0.3) is 5.95 Å². The van der Waals surface area contributed by atoms with Crippen molar-refractivity contribution in [3.05, 3.63) is 59.9 Å². The average Bonchev–Trinajstić information content (AvgIpc) is 3.43. The van der Waals surface area contributed by atoms with E-state index in [-0.39, 0.29) is 17.4 Å². The molecule has 0 spiro atoms. The van der Waals surface area contributed by atoms with Crippen LogP contribution >= 0.6 is 0 Å². The number of alkyl halides is 3. The summed E-state index contributed by atoms with van der Waals surface area (Å²) in [5.41, 5.74) is -1.34. The molecule has 1 aliphatic carbocycles. The van der Waals surface area contributed by atoms with Crippen LogP contribution < -0.4 is 0 Å². The summed E-state index contributed by atoms with van der Waals surface area (Å²) < 4.78 is 40.9. The van der Waals surface area contributed by atoms with Gasteiger partial charge in [-0.1, -0.05) is 0 Å². The minimum atomic E-state index is -4.69. The van der Waals surface area contributed by atoms with E-state index in [9.17, 15) is 23.1 Å². The predicted octanol–water partition coefficient (Wildman–Crippen LogP) is 3.40. The molecule has 3 aromatic rings. The van der Waals surface area contributed by atoms with Crippen LogP contribution in [0.3, 0.4) is 0 Å². The molecule has 11 heteroatoms. The van der Waals surface area contributed by atoms with Crippen molar-refractivity contribution in [2.24, 2.45) is 5.92 Å². The number of amides is 1. The molecule has 2 heterocycles. The lowest BCUT2D eigenvalue weighted by Gasteiger charge is -2.29. The lowest BCUT2D eigenvalue weighted by Crippen LogP contribution is -2.37. The van der Waals surface area contributed by atoms with E-state index >= 15 is 0 Å². The number of hydrogen-bond donors (Lipinski definition) is 1. The Morgan fingerprint density at radius 2 is 1.94 bits per heavy atom. The van der Waals surface area contributed by atoms with Gasteiger partial charge in [-0.2, -0.15) is 23.0 Å². The zero-order valence-electron chi connectivity index (χ0n) is 16.5. The van der Waals surface area contributed by atoms with Crippen LogP contribution in [-0.4, -0.2) is 47.2 Å². The Morgan fingerprint density at radius 1 is 1.23 bits per heavy atom. The highest BCUT2D eigenvalue weighted by Gasteiger charge is 2.35. The predicted molar refractivity (Wildman–Crippen MR) is 102 cm³/mol. The summed E-state index contributed by atoms with van der Waals surface area (Å²) in [5, 5.41) is 13.9. The van der Waals surface area contributed by atoms with Gasteiger partial charge >= 0.3 is 6.18 Å². The van der Waals surface area contributed by atoms with Gasteiger partial charge in [0.1, 0.15) is 12.1 Å². The average molecular weight is 432 g/mol. The van der Waals surface area contributed by atoms with Gasteiger partial charge in [0.25, 0.3) is 11.9 Å². The number of nitrogens with zero attached hydrogens (tertiary/aromatic N) is 6. The fraction of sp³-hybridized carbons (Fsp3) is 0.350. The van der Waals surface area contributed by atoms with E-state index in [1.54, 1.807) is 13.0 Å². The monoisotopic (exact) mass is 432 g/mol. The number of rotatable bonds is 6. The maximum absolute atomic E-state index is 13.3. The van der Waals surface area contributed by atoms with Gasteiger partial charge in [0.15, 0.2) is 5.82 Å². The summed E-state index contributed by atoms with van der Waals surface area (Å²) in [6.07, 6.45) is 1.55. The van der Waals surface area contributed by atoms with Gasteiger partial charge < -0.3 is 10.0 Å². The van der Waals surface area contributed by atoms with Crippen LogP contribution in [0.1, 0.15) is 47.6 Å². The molecule has 1 fully saturated rings. The minimum absolute atomic E-state index is 0.248. The largest absolute Gasteiger partial charge is 0.508 e. The molecule has 31 heavy (non-hydrogen) atoms. The molecule has 1 N–H and O–H groups in total. The van der Waals surface area contributed by atoms with Crippen molar-refractivity contribution in [2.75, 3.05) is 6.54 Å². The Hall–Kier alpha value is -3.50. The van der Waals surface area contributed by atoms with Crippen molar-refractivity contribution in [1.82, 2.24) is 29.6 Å². The standard InChI is InChI=1S/C20H19F3N6O2/c1-12(17-26-11-27-29(17)19-24-5-2-6-25-19)28(10-13-3-4-13)18(31)14-7-15(20(21,22)23)9-16(30)8-14/h2,5-9,11-13,30H,3-4,10H2,1H3. The van der Waals surface area contributed by atoms with E-state index in [1.165, 1.54) is 28.3 Å². The first-order valence-electron chi connectivity index (χ1n) is 9.63. The number of aromatic nitrogens is 5. The Kier molecular flexibility index (Phi) is 5.34. The van der Waals surface area contributed by atoms with E-state index in [2.05, 4.69) is 20.1 Å². The molecule has 1 unspecified atom stereocenters. The van der Waals surface area contributed by atoms with E-state index < -0.39 is 29.4 Å². The Morgan fingerprint density at radius 3 is 2.58 bits per heavy atom. The number of halogens is 3. The van der Waals surface area contributed by atoms with Crippen LogP contribution in [0.5, 0.6) is 5.75 Å². The molecule has 0 saturated heterocycles. The maximum atomic E-state index is 13.3. The minimum Gasteiger partial charge on any atom is -0.508 e. The van der Waals surface area contributed by atoms with Gasteiger partial charge in [0, 0.05) is 24.5 Å². The second kappa shape index (κ2) is 7.97. The highest BCUT2D eigenvalue weighted by molar-refractivity contribution is 5.95. The number of aromatic hydroxyl groups is 1. The fourth-order valence-corrected chi connectivity index (χ4v) is 3.29. The third-order valence-corrected chi connectivity index (χ3v) is 5.06. The summed E-state index contributed by atoms with van der Waals surface area (Å²) in [6.45, 7) is 2.07. The number of phenolic OH excluding ortho intramolecular Hbond substituents is 1. The molecular formula is C20H19F3N6O2. The zero-order chi connectivity index (χ0) is 22.2. The summed E-state index contributed by atoms with van der Waals surface area (Å²) >= 11 is 0. The lowest BCUT2D eigenvalue weighted by atomic mass is 10.1. The third-order valence-electron chi connectivity index (χ3n) is 5.06. The van der Waals surface area contributed by atoms with E-state index in [0.717, 1.165) is 25.0 Å². The first kappa shape index (κ1) is 20.8. The highest BCUT2D eigenvalue weighted by atomic mass is 19.4. The van der Waals surface area contributed by atoms with Crippen molar-refractivity contribution in [3.63, 3.8) is 0 Å². The molecule has 1 aromatic carbocycles. The Bertz CT molecular complexity index is 1080. The van der Waals surface area contributed by atoms with Crippen molar-refractivity contribution in [2.45, 2.75) is 32.0 Å². The van der Waals surface area contributed by atoms with E-state index in [0.29, 0.717) is 18.4 Å². The van der Waals surface area contributed by atoms with E-state index in [4.69, 9.17) is 0 Å². The molecule has 162 valence electrons.